The molecule has 3 aromatic carbocycles. The summed E-state index contributed by atoms with van der Waals surface area (Å²) in [6, 6.07) is 5.49. The lowest BCUT2D eigenvalue weighted by atomic mass is 9.98. The van der Waals surface area contributed by atoms with Gasteiger partial charge in [0.1, 0.15) is 57.8 Å². The molecule has 0 atom stereocenters. The molecule has 0 spiro atoms. The number of nitriles is 1. The molecule has 0 unspecified atom stereocenters. The number of esters is 1. The number of rotatable bonds is 6. The van der Waals surface area contributed by atoms with Gasteiger partial charge >= 0.3 is 5.97 Å². The summed E-state index contributed by atoms with van der Waals surface area (Å²) in [7, 11) is 0. The first kappa shape index (κ1) is 23.9. The van der Waals surface area contributed by atoms with Crippen LogP contribution >= 0.6 is 0 Å². The predicted molar refractivity (Wildman–Crippen MR) is 106 cm³/mol. The molecule has 0 radical (unpaired) electrons. The Kier molecular flexibility index (Phi) is 7.07. The Morgan fingerprint density at radius 1 is 0.848 bits per heavy atom. The Bertz CT molecular complexity index is 1210. The average Bonchev–Trinajstić information content (AvgIpc) is 2.71. The monoisotopic (exact) mass is 463 g/mol. The summed E-state index contributed by atoms with van der Waals surface area (Å²) in [5, 5.41) is 8.64. The van der Waals surface area contributed by atoms with Crippen molar-refractivity contribution in [2.45, 2.75) is 26.2 Å². The Balaban J connectivity index is 1.94. The van der Waals surface area contributed by atoms with Crippen LogP contribution < -0.4 is 4.74 Å². The highest BCUT2D eigenvalue weighted by molar-refractivity contribution is 5.92. The molecular formula is C24H15F6NO2. The fraction of sp³-hybridized carbons (Fsp3) is 0.167. The van der Waals surface area contributed by atoms with Gasteiger partial charge in [0.2, 0.25) is 0 Å². The fourth-order valence-electron chi connectivity index (χ4n) is 3.21. The van der Waals surface area contributed by atoms with Crippen LogP contribution in [-0.4, -0.2) is 5.97 Å². The first-order valence-electron chi connectivity index (χ1n) is 9.74. The van der Waals surface area contributed by atoms with Gasteiger partial charge in [0.15, 0.2) is 0 Å². The third-order valence-electron chi connectivity index (χ3n) is 4.79. The molecule has 3 nitrogen and oxygen atoms in total. The standard InChI is InChI=1S/C24H15F6NO2/c1-2-3-4-12-5-18(27)22(19(28)6-12)13-7-20(29)23(21(30)8-13)24(32)33-14-9-16(25)15(11-31)17(26)10-14/h5-10H,2-4H2,1H3. The zero-order valence-electron chi connectivity index (χ0n) is 17.1. The summed E-state index contributed by atoms with van der Waals surface area (Å²) in [5.41, 5.74) is -2.94. The van der Waals surface area contributed by atoms with Crippen LogP contribution in [0.5, 0.6) is 5.75 Å². The Morgan fingerprint density at radius 3 is 1.88 bits per heavy atom. The number of hydrogen-bond acceptors (Lipinski definition) is 3. The number of carbonyl (C=O) groups excluding carboxylic acids is 1. The maximum absolute atomic E-state index is 14.6. The molecule has 0 aromatic heterocycles. The van der Waals surface area contributed by atoms with Crippen LogP contribution in [0.4, 0.5) is 26.3 Å². The number of unbranched alkanes of at least 4 members (excludes halogenated alkanes) is 1. The quantitative estimate of drug-likeness (QED) is 0.235. The van der Waals surface area contributed by atoms with E-state index < -0.39 is 68.9 Å². The lowest BCUT2D eigenvalue weighted by molar-refractivity contribution is 0.0724. The van der Waals surface area contributed by atoms with E-state index in [2.05, 4.69) is 4.74 Å². The molecule has 0 aliphatic rings. The topological polar surface area (TPSA) is 50.1 Å². The lowest BCUT2D eigenvalue weighted by Crippen LogP contribution is -2.14. The van der Waals surface area contributed by atoms with Gasteiger partial charge in [-0.1, -0.05) is 13.3 Å². The smallest absolute Gasteiger partial charge is 0.349 e. The van der Waals surface area contributed by atoms with Crippen molar-refractivity contribution in [3.05, 3.63) is 88.0 Å². The fourth-order valence-corrected chi connectivity index (χ4v) is 3.21. The maximum atomic E-state index is 14.6. The molecule has 3 rings (SSSR count). The number of carbonyl (C=O) groups is 1. The van der Waals surface area contributed by atoms with Crippen LogP contribution in [0.15, 0.2) is 36.4 Å². The molecule has 0 aliphatic carbocycles. The van der Waals surface area contributed by atoms with Crippen LogP contribution in [-0.2, 0) is 6.42 Å². The highest BCUT2D eigenvalue weighted by Gasteiger charge is 2.24. The number of hydrogen-bond donors (Lipinski definition) is 0. The van der Waals surface area contributed by atoms with Gasteiger partial charge in [-0.2, -0.15) is 5.26 Å². The molecule has 3 aromatic rings. The van der Waals surface area contributed by atoms with E-state index >= 15 is 0 Å². The molecule has 0 N–H and O–H groups in total. The third-order valence-corrected chi connectivity index (χ3v) is 4.79. The second-order valence-electron chi connectivity index (χ2n) is 7.12. The normalized spacial score (nSPS) is 10.7. The molecule has 0 saturated carbocycles. The van der Waals surface area contributed by atoms with Crippen LogP contribution in [0, 0.1) is 46.2 Å². The van der Waals surface area contributed by atoms with Gasteiger partial charge < -0.3 is 4.74 Å². The van der Waals surface area contributed by atoms with Crippen molar-refractivity contribution in [2.75, 3.05) is 0 Å². The molecular weight excluding hydrogens is 448 g/mol. The minimum atomic E-state index is -1.64. The van der Waals surface area contributed by atoms with E-state index in [0.29, 0.717) is 42.7 Å². The summed E-state index contributed by atoms with van der Waals surface area (Å²) in [6.45, 7) is 1.91. The number of ether oxygens (including phenoxy) is 1. The van der Waals surface area contributed by atoms with Crippen LogP contribution in [0.1, 0.15) is 41.3 Å². The van der Waals surface area contributed by atoms with Gasteiger partial charge in [-0.05, 0) is 48.2 Å². The lowest BCUT2D eigenvalue weighted by Gasteiger charge is -2.11. The highest BCUT2D eigenvalue weighted by Crippen LogP contribution is 2.31. The van der Waals surface area contributed by atoms with E-state index in [4.69, 9.17) is 5.26 Å². The predicted octanol–water partition coefficient (Wildman–Crippen LogP) is 6.62. The Morgan fingerprint density at radius 2 is 1.39 bits per heavy atom. The Labute approximate surface area is 184 Å². The molecule has 0 fully saturated rings. The van der Waals surface area contributed by atoms with Gasteiger partial charge in [0, 0.05) is 12.1 Å². The van der Waals surface area contributed by atoms with Crippen LogP contribution in [0.3, 0.4) is 0 Å². The largest absolute Gasteiger partial charge is 0.423 e. The Hall–Kier alpha value is -3.80. The summed E-state index contributed by atoms with van der Waals surface area (Å²) in [6.07, 6.45) is 1.93. The van der Waals surface area contributed by atoms with E-state index in [-0.39, 0.29) is 0 Å². The van der Waals surface area contributed by atoms with Gasteiger partial charge in [-0.3, -0.25) is 0 Å². The molecule has 33 heavy (non-hydrogen) atoms. The van der Waals surface area contributed by atoms with Gasteiger partial charge in [0.05, 0.1) is 5.56 Å². The highest BCUT2D eigenvalue weighted by atomic mass is 19.2. The second kappa shape index (κ2) is 9.77. The molecule has 0 heterocycles. The minimum Gasteiger partial charge on any atom is -0.423 e. The van der Waals surface area contributed by atoms with Crippen molar-refractivity contribution >= 4 is 5.97 Å². The van der Waals surface area contributed by atoms with Crippen LogP contribution in [0.25, 0.3) is 11.1 Å². The van der Waals surface area contributed by atoms with Crippen molar-refractivity contribution in [1.29, 1.82) is 5.26 Å². The molecule has 0 saturated heterocycles. The van der Waals surface area contributed by atoms with Crippen LogP contribution in [0.2, 0.25) is 0 Å². The van der Waals surface area contributed by atoms with Crippen molar-refractivity contribution in [2.24, 2.45) is 0 Å². The van der Waals surface area contributed by atoms with Gasteiger partial charge in [-0.15, -0.1) is 0 Å². The maximum Gasteiger partial charge on any atom is 0.349 e. The van der Waals surface area contributed by atoms with E-state index in [1.165, 1.54) is 6.07 Å². The first-order valence-corrected chi connectivity index (χ1v) is 9.74. The van der Waals surface area contributed by atoms with E-state index in [1.54, 1.807) is 0 Å². The molecule has 0 amide bonds. The number of halogens is 6. The zero-order chi connectivity index (χ0) is 24.3. The molecule has 0 bridgehead atoms. The van der Waals surface area contributed by atoms with Crippen molar-refractivity contribution in [3.8, 4) is 22.9 Å². The summed E-state index contributed by atoms with van der Waals surface area (Å²) in [4.78, 5) is 12.2. The summed E-state index contributed by atoms with van der Waals surface area (Å²) in [5.74, 6) is -10.1. The number of benzene rings is 3. The van der Waals surface area contributed by atoms with E-state index in [1.807, 2.05) is 6.92 Å². The van der Waals surface area contributed by atoms with Crippen molar-refractivity contribution in [3.63, 3.8) is 0 Å². The third kappa shape index (κ3) is 5.00. The number of nitrogens with zero attached hydrogens (tertiary/aromatic N) is 1. The molecule has 9 heteroatoms. The van der Waals surface area contributed by atoms with E-state index in [9.17, 15) is 31.1 Å². The van der Waals surface area contributed by atoms with E-state index in [0.717, 1.165) is 18.6 Å². The summed E-state index contributed by atoms with van der Waals surface area (Å²) < 4.78 is 90.1. The minimum absolute atomic E-state index is 0.388. The zero-order valence-corrected chi connectivity index (χ0v) is 17.1. The van der Waals surface area contributed by atoms with Crippen molar-refractivity contribution in [1.82, 2.24) is 0 Å². The SMILES string of the molecule is CCCCc1cc(F)c(-c2cc(F)c(C(=O)Oc3cc(F)c(C#N)c(F)c3)c(F)c2)c(F)c1. The van der Waals surface area contributed by atoms with Gasteiger partial charge in [0.25, 0.3) is 0 Å². The summed E-state index contributed by atoms with van der Waals surface area (Å²) >= 11 is 0. The molecule has 170 valence electrons. The molecule has 0 aliphatic heterocycles. The van der Waals surface area contributed by atoms with Gasteiger partial charge in [-0.25, -0.2) is 31.1 Å². The average molecular weight is 463 g/mol. The first-order chi connectivity index (χ1) is 15.7. The van der Waals surface area contributed by atoms with Crippen molar-refractivity contribution < 1.29 is 35.9 Å². The second-order valence-corrected chi connectivity index (χ2v) is 7.12. The number of aryl methyl sites for hydroxylation is 1.